The Bertz CT molecular complexity index is 835. The first-order chi connectivity index (χ1) is 14.7. The number of benzene rings is 2. The number of hydrogen-bond acceptors (Lipinski definition) is 7. The number of methoxy groups -OCH3 is 5. The maximum Gasteiger partial charge on any atom is 0.164 e. The first kappa shape index (κ1) is 22.1. The van der Waals surface area contributed by atoms with Crippen molar-refractivity contribution in [3.8, 4) is 28.7 Å². The van der Waals surface area contributed by atoms with E-state index in [0.29, 0.717) is 11.5 Å². The maximum atomic E-state index is 5.79. The molecule has 7 heteroatoms. The lowest BCUT2D eigenvalue weighted by Crippen LogP contribution is -2.33. The minimum Gasteiger partial charge on any atom is -0.497 e. The van der Waals surface area contributed by atoms with E-state index < -0.39 is 0 Å². The van der Waals surface area contributed by atoms with Crippen molar-refractivity contribution in [1.29, 1.82) is 0 Å². The van der Waals surface area contributed by atoms with E-state index in [-0.39, 0.29) is 6.04 Å². The molecule has 1 aliphatic rings. The van der Waals surface area contributed by atoms with E-state index >= 15 is 0 Å². The second kappa shape index (κ2) is 10.4. The molecule has 2 aromatic carbocycles. The Morgan fingerprint density at radius 1 is 0.700 bits per heavy atom. The summed E-state index contributed by atoms with van der Waals surface area (Å²) in [6.45, 7) is 3.75. The molecule has 1 aliphatic heterocycles. The topological polar surface area (TPSA) is 61.4 Å². The minimum absolute atomic E-state index is 0.107. The summed E-state index contributed by atoms with van der Waals surface area (Å²) >= 11 is 0. The summed E-state index contributed by atoms with van der Waals surface area (Å²) in [6.07, 6.45) is 1.05. The average molecular weight is 417 g/mol. The number of nitrogens with one attached hydrogen (secondary N) is 1. The molecule has 1 fully saturated rings. The Labute approximate surface area is 178 Å². The molecule has 0 saturated carbocycles. The molecule has 2 aromatic rings. The predicted octanol–water partition coefficient (Wildman–Crippen LogP) is 3.11. The molecular formula is C23H32N2O5. The van der Waals surface area contributed by atoms with Crippen LogP contribution in [-0.4, -0.2) is 66.6 Å². The molecule has 30 heavy (non-hydrogen) atoms. The summed E-state index contributed by atoms with van der Waals surface area (Å²) in [6, 6.07) is 9.67. The smallest absolute Gasteiger partial charge is 0.164 e. The van der Waals surface area contributed by atoms with Crippen LogP contribution in [0.1, 0.15) is 23.6 Å². The zero-order chi connectivity index (χ0) is 21.5. The van der Waals surface area contributed by atoms with Gasteiger partial charge in [-0.3, -0.25) is 4.90 Å². The first-order valence-electron chi connectivity index (χ1n) is 10.1. The van der Waals surface area contributed by atoms with Gasteiger partial charge in [-0.2, -0.15) is 0 Å². The fourth-order valence-corrected chi connectivity index (χ4v) is 4.01. The molecule has 1 heterocycles. The van der Waals surface area contributed by atoms with Crippen LogP contribution in [0.5, 0.6) is 28.7 Å². The van der Waals surface area contributed by atoms with Gasteiger partial charge in [0.05, 0.1) is 41.6 Å². The molecule has 164 valence electrons. The van der Waals surface area contributed by atoms with Crippen molar-refractivity contribution >= 4 is 0 Å². The van der Waals surface area contributed by atoms with Gasteiger partial charge in [-0.15, -0.1) is 0 Å². The summed E-state index contributed by atoms with van der Waals surface area (Å²) < 4.78 is 28.2. The highest BCUT2D eigenvalue weighted by Crippen LogP contribution is 2.44. The average Bonchev–Trinajstić information content (AvgIpc) is 3.08. The van der Waals surface area contributed by atoms with Crippen molar-refractivity contribution in [2.75, 3.05) is 61.7 Å². The Kier molecular flexibility index (Phi) is 7.65. The van der Waals surface area contributed by atoms with Crippen molar-refractivity contribution in [2.24, 2.45) is 0 Å². The van der Waals surface area contributed by atoms with Crippen LogP contribution in [0.25, 0.3) is 0 Å². The van der Waals surface area contributed by atoms with E-state index in [0.717, 1.165) is 61.0 Å². The molecule has 0 bridgehead atoms. The number of nitrogens with zero attached hydrogens (tertiary/aromatic N) is 1. The monoisotopic (exact) mass is 416 g/mol. The molecule has 1 saturated heterocycles. The van der Waals surface area contributed by atoms with Crippen molar-refractivity contribution in [2.45, 2.75) is 12.5 Å². The van der Waals surface area contributed by atoms with Crippen molar-refractivity contribution in [3.05, 3.63) is 41.5 Å². The molecule has 0 aliphatic carbocycles. The van der Waals surface area contributed by atoms with Gasteiger partial charge in [-0.05, 0) is 37.2 Å². The summed E-state index contributed by atoms with van der Waals surface area (Å²) in [7, 11) is 8.31. The highest BCUT2D eigenvalue weighted by Gasteiger charge is 2.30. The number of ether oxygens (including phenoxy) is 5. The lowest BCUT2D eigenvalue weighted by molar-refractivity contribution is 0.230. The van der Waals surface area contributed by atoms with Gasteiger partial charge in [0.25, 0.3) is 0 Å². The Morgan fingerprint density at radius 3 is 2.03 bits per heavy atom. The van der Waals surface area contributed by atoms with Gasteiger partial charge in [0.1, 0.15) is 17.2 Å². The van der Waals surface area contributed by atoms with E-state index in [1.165, 1.54) is 0 Å². The summed E-state index contributed by atoms with van der Waals surface area (Å²) in [5, 5.41) is 3.48. The number of rotatable bonds is 8. The quantitative estimate of drug-likeness (QED) is 0.709. The van der Waals surface area contributed by atoms with E-state index in [2.05, 4.69) is 10.2 Å². The van der Waals surface area contributed by atoms with Crippen LogP contribution in [0.3, 0.4) is 0 Å². The third kappa shape index (κ3) is 4.57. The van der Waals surface area contributed by atoms with Gasteiger partial charge in [0.2, 0.25) is 0 Å². The fourth-order valence-electron chi connectivity index (χ4n) is 4.01. The van der Waals surface area contributed by atoms with Gasteiger partial charge in [-0.25, -0.2) is 0 Å². The molecule has 0 aromatic heterocycles. The largest absolute Gasteiger partial charge is 0.497 e. The van der Waals surface area contributed by atoms with Gasteiger partial charge in [0.15, 0.2) is 11.5 Å². The zero-order valence-corrected chi connectivity index (χ0v) is 18.5. The van der Waals surface area contributed by atoms with Crippen LogP contribution in [-0.2, 0) is 0 Å². The van der Waals surface area contributed by atoms with Gasteiger partial charge in [-0.1, -0.05) is 0 Å². The summed E-state index contributed by atoms with van der Waals surface area (Å²) in [5.74, 6) is 3.61. The lowest BCUT2D eigenvalue weighted by atomic mass is 9.94. The Balaban J connectivity index is 2.23. The van der Waals surface area contributed by atoms with Crippen LogP contribution in [0.4, 0.5) is 0 Å². The molecule has 3 rings (SSSR count). The Morgan fingerprint density at radius 2 is 1.37 bits per heavy atom. The van der Waals surface area contributed by atoms with Gasteiger partial charge >= 0.3 is 0 Å². The summed E-state index contributed by atoms with van der Waals surface area (Å²) in [4.78, 5) is 2.45. The molecule has 0 spiro atoms. The van der Waals surface area contributed by atoms with Gasteiger partial charge in [0, 0.05) is 36.8 Å². The maximum absolute atomic E-state index is 5.79. The normalized spacial score (nSPS) is 15.8. The molecule has 1 atom stereocenters. The standard InChI is InChI=1S/C23H32N2O5/c1-26-16-7-8-19(27-2)17(13-16)23(25-11-6-9-24-10-12-25)18-14-21(29-4)22(30-5)15-20(18)28-3/h7-8,13-15,23-24H,6,9-12H2,1-5H3. The van der Waals surface area contributed by atoms with Gasteiger partial charge < -0.3 is 29.0 Å². The number of hydrogen-bond donors (Lipinski definition) is 1. The van der Waals surface area contributed by atoms with Crippen LogP contribution in [0.15, 0.2) is 30.3 Å². The van der Waals surface area contributed by atoms with E-state index in [9.17, 15) is 0 Å². The highest BCUT2D eigenvalue weighted by atomic mass is 16.5. The van der Waals surface area contributed by atoms with Crippen LogP contribution in [0, 0.1) is 0 Å². The van der Waals surface area contributed by atoms with Crippen molar-refractivity contribution < 1.29 is 23.7 Å². The third-order valence-corrected chi connectivity index (χ3v) is 5.50. The fraction of sp³-hybridized carbons (Fsp3) is 0.478. The molecular weight excluding hydrogens is 384 g/mol. The highest BCUT2D eigenvalue weighted by molar-refractivity contribution is 5.56. The predicted molar refractivity (Wildman–Crippen MR) is 117 cm³/mol. The second-order valence-corrected chi connectivity index (χ2v) is 7.10. The third-order valence-electron chi connectivity index (χ3n) is 5.50. The van der Waals surface area contributed by atoms with E-state index in [1.807, 2.05) is 30.3 Å². The molecule has 1 unspecified atom stereocenters. The molecule has 1 N–H and O–H groups in total. The first-order valence-corrected chi connectivity index (χ1v) is 10.1. The zero-order valence-electron chi connectivity index (χ0n) is 18.5. The molecule has 0 amide bonds. The SMILES string of the molecule is COc1ccc(OC)c(C(c2cc(OC)c(OC)cc2OC)N2CCCNCC2)c1. The summed E-state index contributed by atoms with van der Waals surface area (Å²) in [5.41, 5.74) is 2.01. The minimum atomic E-state index is -0.107. The van der Waals surface area contributed by atoms with E-state index in [1.54, 1.807) is 35.5 Å². The van der Waals surface area contributed by atoms with Crippen LogP contribution >= 0.6 is 0 Å². The molecule has 7 nitrogen and oxygen atoms in total. The van der Waals surface area contributed by atoms with Crippen molar-refractivity contribution in [3.63, 3.8) is 0 Å². The van der Waals surface area contributed by atoms with Crippen LogP contribution < -0.4 is 29.0 Å². The Hall–Kier alpha value is -2.64. The lowest BCUT2D eigenvalue weighted by Gasteiger charge is -2.33. The van der Waals surface area contributed by atoms with E-state index in [4.69, 9.17) is 23.7 Å². The van der Waals surface area contributed by atoms with Crippen LogP contribution in [0.2, 0.25) is 0 Å². The van der Waals surface area contributed by atoms with Crippen molar-refractivity contribution in [1.82, 2.24) is 10.2 Å². The second-order valence-electron chi connectivity index (χ2n) is 7.10. The molecule has 0 radical (unpaired) electrons.